The van der Waals surface area contributed by atoms with Crippen LogP contribution in [0.4, 0.5) is 4.79 Å². The van der Waals surface area contributed by atoms with Gasteiger partial charge < -0.3 is 9.84 Å². The van der Waals surface area contributed by atoms with E-state index in [0.717, 1.165) is 0 Å². The minimum atomic E-state index is -0.959. The first kappa shape index (κ1) is 7.19. The van der Waals surface area contributed by atoms with Crippen molar-refractivity contribution >= 4 is 6.09 Å². The lowest BCUT2D eigenvalue weighted by molar-refractivity contribution is 0.0754. The molecule has 0 unspecified atom stereocenters. The van der Waals surface area contributed by atoms with Gasteiger partial charge in [0.1, 0.15) is 6.61 Å². The quantitative estimate of drug-likeness (QED) is 0.326. The molecular weight excluding hydrogens is 114 g/mol. The normalized spacial score (nSPS) is 8.25. The molecule has 0 aromatic heterocycles. The summed E-state index contributed by atoms with van der Waals surface area (Å²) < 4.78 is 4.09. The van der Waals surface area contributed by atoms with Crippen LogP contribution in [0.15, 0.2) is 0 Å². The van der Waals surface area contributed by atoms with E-state index in [9.17, 15) is 4.79 Å². The second-order valence-corrected chi connectivity index (χ2v) is 0.971. The Morgan fingerprint density at radius 1 is 1.75 bits per heavy atom. The maximum absolute atomic E-state index is 9.88. The molecule has 5 heteroatoms. The largest absolute Gasteiger partial charge is 0.446 e. The third-order valence-corrected chi connectivity index (χ3v) is 0.416. The molecule has 0 rings (SSSR count). The van der Waals surface area contributed by atoms with Gasteiger partial charge in [-0.3, -0.25) is 5.21 Å². The molecule has 0 radical (unpaired) electrons. The fourth-order valence-corrected chi connectivity index (χ4v) is 0.171. The topological polar surface area (TPSA) is 78.8 Å². The van der Waals surface area contributed by atoms with Crippen LogP contribution in [0.25, 0.3) is 0 Å². The number of hydroxylamine groups is 1. The van der Waals surface area contributed by atoms with Crippen LogP contribution in [0.5, 0.6) is 0 Å². The summed E-state index contributed by atoms with van der Waals surface area (Å²) in [4.78, 5) is 9.88. The summed E-state index contributed by atoms with van der Waals surface area (Å²) in [6, 6.07) is 0. The molecule has 3 N–H and O–H groups in total. The predicted octanol–water partition coefficient (Wildman–Crippen LogP) is -0.906. The van der Waals surface area contributed by atoms with Gasteiger partial charge in [0.25, 0.3) is 0 Å². The molecule has 0 aromatic rings. The van der Waals surface area contributed by atoms with Crippen LogP contribution in [-0.4, -0.2) is 29.6 Å². The van der Waals surface area contributed by atoms with Gasteiger partial charge in [0, 0.05) is 0 Å². The van der Waals surface area contributed by atoms with Gasteiger partial charge in [-0.05, 0) is 0 Å². The molecular formula is C3H7NO4. The Morgan fingerprint density at radius 2 is 2.38 bits per heavy atom. The van der Waals surface area contributed by atoms with E-state index in [-0.39, 0.29) is 13.2 Å². The van der Waals surface area contributed by atoms with Gasteiger partial charge in [-0.25, -0.2) is 10.3 Å². The molecule has 1 amide bonds. The fourth-order valence-electron chi connectivity index (χ4n) is 0.171. The van der Waals surface area contributed by atoms with Crippen molar-refractivity contribution in [1.82, 2.24) is 5.48 Å². The second-order valence-electron chi connectivity index (χ2n) is 0.971. The van der Waals surface area contributed by atoms with E-state index in [2.05, 4.69) is 4.74 Å². The average molecular weight is 121 g/mol. The molecule has 0 aromatic carbocycles. The number of hydrogen-bond acceptors (Lipinski definition) is 4. The van der Waals surface area contributed by atoms with Crippen LogP contribution >= 0.6 is 0 Å². The SMILES string of the molecule is O=C(NO)OCCO. The van der Waals surface area contributed by atoms with Crippen molar-refractivity contribution in [2.45, 2.75) is 0 Å². The highest BCUT2D eigenvalue weighted by molar-refractivity contribution is 5.65. The first-order chi connectivity index (χ1) is 3.81. The number of amides is 1. The Hall–Kier alpha value is -0.810. The number of aliphatic hydroxyl groups excluding tert-OH is 1. The Kier molecular flexibility index (Phi) is 3.91. The minimum Gasteiger partial charge on any atom is -0.446 e. The number of hydrogen-bond donors (Lipinski definition) is 3. The third kappa shape index (κ3) is 3.38. The van der Waals surface area contributed by atoms with Crippen molar-refractivity contribution in [2.75, 3.05) is 13.2 Å². The molecule has 0 fully saturated rings. The van der Waals surface area contributed by atoms with Crippen molar-refractivity contribution in [2.24, 2.45) is 0 Å². The fraction of sp³-hybridized carbons (Fsp3) is 0.667. The highest BCUT2D eigenvalue weighted by Gasteiger charge is 1.94. The Balaban J connectivity index is 2.99. The van der Waals surface area contributed by atoms with Crippen LogP contribution < -0.4 is 5.48 Å². The lowest BCUT2D eigenvalue weighted by Crippen LogP contribution is -2.21. The number of rotatable bonds is 2. The number of aliphatic hydroxyl groups is 1. The molecule has 8 heavy (non-hydrogen) atoms. The number of ether oxygens (including phenoxy) is 1. The highest BCUT2D eigenvalue weighted by Crippen LogP contribution is 1.71. The van der Waals surface area contributed by atoms with Gasteiger partial charge in [-0.1, -0.05) is 0 Å². The number of carbonyl (C=O) groups excluding carboxylic acids is 1. The zero-order valence-electron chi connectivity index (χ0n) is 4.13. The van der Waals surface area contributed by atoms with Crippen LogP contribution in [0.3, 0.4) is 0 Å². The van der Waals surface area contributed by atoms with E-state index < -0.39 is 6.09 Å². The molecule has 0 bridgehead atoms. The van der Waals surface area contributed by atoms with Gasteiger partial charge in [-0.15, -0.1) is 0 Å². The van der Waals surface area contributed by atoms with E-state index in [4.69, 9.17) is 10.3 Å². The summed E-state index contributed by atoms with van der Waals surface area (Å²) >= 11 is 0. The van der Waals surface area contributed by atoms with Crippen molar-refractivity contribution in [3.8, 4) is 0 Å². The number of nitrogens with one attached hydrogen (secondary N) is 1. The monoisotopic (exact) mass is 121 g/mol. The molecule has 0 aliphatic rings. The molecule has 0 heterocycles. The van der Waals surface area contributed by atoms with Crippen LogP contribution in [0.1, 0.15) is 0 Å². The maximum atomic E-state index is 9.88. The second kappa shape index (κ2) is 4.35. The van der Waals surface area contributed by atoms with Crippen molar-refractivity contribution in [3.05, 3.63) is 0 Å². The third-order valence-electron chi connectivity index (χ3n) is 0.416. The van der Waals surface area contributed by atoms with E-state index in [1.165, 1.54) is 5.48 Å². The summed E-state index contributed by atoms with van der Waals surface area (Å²) in [5.41, 5.74) is 1.23. The summed E-state index contributed by atoms with van der Waals surface area (Å²) in [5, 5.41) is 15.8. The summed E-state index contributed by atoms with van der Waals surface area (Å²) in [6.07, 6.45) is -0.959. The smallest absolute Gasteiger partial charge is 0.431 e. The van der Waals surface area contributed by atoms with Gasteiger partial charge in [-0.2, -0.15) is 0 Å². The van der Waals surface area contributed by atoms with Crippen LogP contribution in [-0.2, 0) is 4.74 Å². The lowest BCUT2D eigenvalue weighted by atomic mass is 10.8. The van der Waals surface area contributed by atoms with Crippen LogP contribution in [0, 0.1) is 0 Å². The first-order valence-electron chi connectivity index (χ1n) is 1.99. The van der Waals surface area contributed by atoms with Gasteiger partial charge >= 0.3 is 6.09 Å². The number of carbonyl (C=O) groups is 1. The maximum Gasteiger partial charge on any atom is 0.431 e. The summed E-state index contributed by atoms with van der Waals surface area (Å²) in [7, 11) is 0. The lowest BCUT2D eigenvalue weighted by Gasteiger charge is -1.97. The Bertz CT molecular complexity index is 73.7. The Labute approximate surface area is 45.8 Å². The summed E-state index contributed by atoms with van der Waals surface area (Å²) in [6.45, 7) is -0.347. The van der Waals surface area contributed by atoms with Gasteiger partial charge in [0.2, 0.25) is 0 Å². The molecule has 0 spiro atoms. The summed E-state index contributed by atoms with van der Waals surface area (Å²) in [5.74, 6) is 0. The zero-order valence-corrected chi connectivity index (χ0v) is 4.13. The van der Waals surface area contributed by atoms with E-state index >= 15 is 0 Å². The predicted molar refractivity (Wildman–Crippen MR) is 23.4 cm³/mol. The van der Waals surface area contributed by atoms with Crippen LogP contribution in [0.2, 0.25) is 0 Å². The first-order valence-corrected chi connectivity index (χ1v) is 1.99. The minimum absolute atomic E-state index is 0.105. The molecule has 0 saturated heterocycles. The van der Waals surface area contributed by atoms with Crippen molar-refractivity contribution < 1.29 is 19.8 Å². The van der Waals surface area contributed by atoms with Gasteiger partial charge in [0.05, 0.1) is 6.61 Å². The molecule has 5 nitrogen and oxygen atoms in total. The van der Waals surface area contributed by atoms with Crippen molar-refractivity contribution in [3.63, 3.8) is 0 Å². The zero-order chi connectivity index (χ0) is 6.41. The van der Waals surface area contributed by atoms with Crippen molar-refractivity contribution in [1.29, 1.82) is 0 Å². The van der Waals surface area contributed by atoms with Gasteiger partial charge in [0.15, 0.2) is 0 Å². The molecule has 48 valence electrons. The molecule has 0 saturated carbocycles. The Morgan fingerprint density at radius 3 is 2.75 bits per heavy atom. The highest BCUT2D eigenvalue weighted by atomic mass is 16.6. The van der Waals surface area contributed by atoms with E-state index in [0.29, 0.717) is 0 Å². The van der Waals surface area contributed by atoms with E-state index in [1.54, 1.807) is 0 Å². The molecule has 0 atom stereocenters. The molecule has 0 aliphatic heterocycles. The standard InChI is InChI=1S/C3H7NO4/c5-1-2-8-3(6)4-7/h5,7H,1-2H2,(H,4,6). The molecule has 0 aliphatic carbocycles. The average Bonchev–Trinajstić information content (AvgIpc) is 1.83. The van der Waals surface area contributed by atoms with E-state index in [1.807, 2.05) is 0 Å².